The number of carbonyl (C=O) groups is 1. The monoisotopic (exact) mass is 364 g/mol. The number of halogens is 1. The second kappa shape index (κ2) is 7.01. The number of fused-ring (bicyclic) bond motifs is 1. The summed E-state index contributed by atoms with van der Waals surface area (Å²) >= 11 is 6.29. The molecule has 0 amide bonds. The molecule has 1 atom stereocenters. The van der Waals surface area contributed by atoms with E-state index in [-0.39, 0.29) is 6.10 Å². The van der Waals surface area contributed by atoms with E-state index in [0.717, 1.165) is 17.2 Å². The molecule has 1 aliphatic heterocycles. The number of rotatable bonds is 5. The third-order valence-electron chi connectivity index (χ3n) is 4.18. The lowest BCUT2D eigenvalue weighted by atomic mass is 10.1. The molecular formula is C17H21ClN4O3. The fraction of sp³-hybridized carbons (Fsp3) is 0.471. The highest BCUT2D eigenvalue weighted by Crippen LogP contribution is 2.28. The van der Waals surface area contributed by atoms with Crippen molar-refractivity contribution in [3.63, 3.8) is 0 Å². The van der Waals surface area contributed by atoms with Gasteiger partial charge in [-0.25, -0.2) is 0 Å². The third-order valence-corrected chi connectivity index (χ3v) is 4.48. The van der Waals surface area contributed by atoms with Crippen molar-refractivity contribution >= 4 is 17.6 Å². The molecule has 134 valence electrons. The molecule has 3 rings (SSSR count). The van der Waals surface area contributed by atoms with Crippen LogP contribution in [0.25, 0.3) is 0 Å². The van der Waals surface area contributed by atoms with Crippen LogP contribution in [-0.4, -0.2) is 42.9 Å². The molecule has 2 aromatic rings. The van der Waals surface area contributed by atoms with Gasteiger partial charge in [0.2, 0.25) is 0 Å². The highest BCUT2D eigenvalue weighted by Gasteiger charge is 2.33. The Labute approximate surface area is 151 Å². The number of hydrogen-bond acceptors (Lipinski definition) is 5. The average molecular weight is 365 g/mol. The van der Waals surface area contributed by atoms with Gasteiger partial charge in [-0.2, -0.15) is 0 Å². The Kier molecular flexibility index (Phi) is 4.96. The van der Waals surface area contributed by atoms with E-state index >= 15 is 0 Å². The molecular weight excluding hydrogens is 344 g/mol. The van der Waals surface area contributed by atoms with Crippen molar-refractivity contribution in [2.75, 3.05) is 0 Å². The van der Waals surface area contributed by atoms with Crippen LogP contribution in [0.5, 0.6) is 5.75 Å². The molecule has 0 radical (unpaired) electrons. The maximum atomic E-state index is 11.7. The van der Waals surface area contributed by atoms with Gasteiger partial charge in [-0.15, -0.1) is 10.2 Å². The molecule has 25 heavy (non-hydrogen) atoms. The number of carboxylic acid groups (broad SMARTS) is 1. The van der Waals surface area contributed by atoms with Gasteiger partial charge in [-0.3, -0.25) is 9.69 Å². The van der Waals surface area contributed by atoms with Crippen LogP contribution in [0.3, 0.4) is 0 Å². The second-order valence-corrected chi connectivity index (χ2v) is 6.87. The Morgan fingerprint density at radius 3 is 2.84 bits per heavy atom. The summed E-state index contributed by atoms with van der Waals surface area (Å²) in [5.74, 6) is 1.29. The zero-order chi connectivity index (χ0) is 18.1. The fourth-order valence-electron chi connectivity index (χ4n) is 2.99. The van der Waals surface area contributed by atoms with Gasteiger partial charge < -0.3 is 14.4 Å². The van der Waals surface area contributed by atoms with E-state index in [0.29, 0.717) is 30.4 Å². The van der Waals surface area contributed by atoms with Gasteiger partial charge in [0.1, 0.15) is 23.4 Å². The highest BCUT2D eigenvalue weighted by atomic mass is 35.5. The Morgan fingerprint density at radius 2 is 2.20 bits per heavy atom. The molecule has 0 saturated heterocycles. The molecule has 1 aliphatic rings. The van der Waals surface area contributed by atoms with Gasteiger partial charge in [0.05, 0.1) is 24.2 Å². The van der Waals surface area contributed by atoms with Crippen LogP contribution < -0.4 is 4.74 Å². The minimum atomic E-state index is -0.857. The summed E-state index contributed by atoms with van der Waals surface area (Å²) in [6.45, 7) is 6.94. The molecule has 2 heterocycles. The van der Waals surface area contributed by atoms with Crippen LogP contribution in [0, 0.1) is 6.92 Å². The van der Waals surface area contributed by atoms with Gasteiger partial charge >= 0.3 is 5.97 Å². The Morgan fingerprint density at radius 1 is 1.44 bits per heavy atom. The maximum Gasteiger partial charge on any atom is 0.322 e. The summed E-state index contributed by atoms with van der Waals surface area (Å²) in [5.41, 5.74) is 0.928. The van der Waals surface area contributed by atoms with Gasteiger partial charge in [0, 0.05) is 6.54 Å². The lowest BCUT2D eigenvalue weighted by Crippen LogP contribution is -2.47. The van der Waals surface area contributed by atoms with Crippen LogP contribution in [0.4, 0.5) is 0 Å². The predicted octanol–water partition coefficient (Wildman–Crippen LogP) is 2.50. The minimum absolute atomic E-state index is 0.0384. The van der Waals surface area contributed by atoms with Crippen LogP contribution >= 0.6 is 11.6 Å². The Balaban J connectivity index is 1.81. The number of carboxylic acids is 1. The molecule has 0 bridgehead atoms. The van der Waals surface area contributed by atoms with E-state index in [9.17, 15) is 9.90 Å². The van der Waals surface area contributed by atoms with E-state index in [1.54, 1.807) is 0 Å². The lowest BCUT2D eigenvalue weighted by molar-refractivity contribution is -0.145. The summed E-state index contributed by atoms with van der Waals surface area (Å²) < 4.78 is 7.50. The molecule has 0 fully saturated rings. The zero-order valence-corrected chi connectivity index (χ0v) is 15.2. The quantitative estimate of drug-likeness (QED) is 0.878. The second-order valence-electron chi connectivity index (χ2n) is 6.46. The molecule has 0 saturated carbocycles. The topological polar surface area (TPSA) is 80.5 Å². The van der Waals surface area contributed by atoms with E-state index in [4.69, 9.17) is 16.3 Å². The first-order chi connectivity index (χ1) is 11.8. The molecule has 1 aromatic carbocycles. The van der Waals surface area contributed by atoms with Gasteiger partial charge in [-0.05, 0) is 38.5 Å². The molecule has 1 aromatic heterocycles. The van der Waals surface area contributed by atoms with Crippen molar-refractivity contribution in [1.29, 1.82) is 0 Å². The largest absolute Gasteiger partial charge is 0.489 e. The van der Waals surface area contributed by atoms with Gasteiger partial charge in [-0.1, -0.05) is 17.7 Å². The van der Waals surface area contributed by atoms with Crippen molar-refractivity contribution in [2.24, 2.45) is 0 Å². The van der Waals surface area contributed by atoms with Crippen molar-refractivity contribution in [3.05, 3.63) is 40.4 Å². The standard InChI is InChI=1S/C17H21ClN4O3/c1-10(2)25-15-5-4-12(6-13(15)18)7-21-9-16-20-19-11(3)22(16)8-14(21)17(23)24/h4-6,10,14H,7-9H2,1-3H3,(H,23,24). The summed E-state index contributed by atoms with van der Waals surface area (Å²) in [6.07, 6.45) is 0.0384. The Bertz CT molecular complexity index is 790. The summed E-state index contributed by atoms with van der Waals surface area (Å²) in [6, 6.07) is 4.92. The van der Waals surface area contributed by atoms with Crippen LogP contribution in [-0.2, 0) is 24.4 Å². The maximum absolute atomic E-state index is 11.7. The van der Waals surface area contributed by atoms with Crippen molar-refractivity contribution < 1.29 is 14.6 Å². The van der Waals surface area contributed by atoms with E-state index in [1.807, 2.05) is 48.4 Å². The van der Waals surface area contributed by atoms with E-state index < -0.39 is 12.0 Å². The molecule has 1 N–H and O–H groups in total. The first-order valence-electron chi connectivity index (χ1n) is 8.15. The molecule has 0 aliphatic carbocycles. The van der Waals surface area contributed by atoms with Crippen molar-refractivity contribution in [3.8, 4) is 5.75 Å². The number of aliphatic carboxylic acids is 1. The number of benzene rings is 1. The minimum Gasteiger partial charge on any atom is -0.489 e. The number of hydrogen-bond donors (Lipinski definition) is 1. The number of ether oxygens (including phenoxy) is 1. The Hall–Kier alpha value is -2.12. The number of aromatic nitrogens is 3. The van der Waals surface area contributed by atoms with Gasteiger partial charge in [0.15, 0.2) is 0 Å². The van der Waals surface area contributed by atoms with Crippen LogP contribution in [0.1, 0.15) is 31.1 Å². The normalized spacial score (nSPS) is 17.6. The van der Waals surface area contributed by atoms with E-state index in [2.05, 4.69) is 10.2 Å². The first kappa shape index (κ1) is 17.7. The lowest BCUT2D eigenvalue weighted by Gasteiger charge is -2.33. The highest BCUT2D eigenvalue weighted by molar-refractivity contribution is 6.32. The van der Waals surface area contributed by atoms with Crippen LogP contribution in [0.2, 0.25) is 5.02 Å². The van der Waals surface area contributed by atoms with Crippen LogP contribution in [0.15, 0.2) is 18.2 Å². The summed E-state index contributed by atoms with van der Waals surface area (Å²) in [7, 11) is 0. The molecule has 0 spiro atoms. The predicted molar refractivity (Wildman–Crippen MR) is 92.6 cm³/mol. The smallest absolute Gasteiger partial charge is 0.322 e. The number of nitrogens with zero attached hydrogens (tertiary/aromatic N) is 4. The summed E-state index contributed by atoms with van der Waals surface area (Å²) in [4.78, 5) is 13.6. The number of aryl methyl sites for hydroxylation is 1. The molecule has 1 unspecified atom stereocenters. The third kappa shape index (κ3) is 3.77. The molecule has 8 heteroatoms. The fourth-order valence-corrected chi connectivity index (χ4v) is 3.23. The zero-order valence-electron chi connectivity index (χ0n) is 14.4. The molecule has 7 nitrogen and oxygen atoms in total. The average Bonchev–Trinajstić information content (AvgIpc) is 2.89. The summed E-state index contributed by atoms with van der Waals surface area (Å²) in [5, 5.41) is 18.3. The SMILES string of the molecule is Cc1nnc2n1CC(C(=O)O)N(Cc1ccc(OC(C)C)c(Cl)c1)C2. The van der Waals surface area contributed by atoms with Crippen molar-refractivity contribution in [1.82, 2.24) is 19.7 Å². The first-order valence-corrected chi connectivity index (χ1v) is 8.53. The van der Waals surface area contributed by atoms with Gasteiger partial charge in [0.25, 0.3) is 0 Å². The van der Waals surface area contributed by atoms with E-state index in [1.165, 1.54) is 0 Å². The van der Waals surface area contributed by atoms with Crippen molar-refractivity contribution in [2.45, 2.75) is 52.6 Å².